The molecule has 5 N–H and O–H groups in total. The smallest absolute Gasteiger partial charge is 0.207 e. The molecular formula is C20H32N6O4. The van der Waals surface area contributed by atoms with Gasteiger partial charge in [-0.3, -0.25) is 14.5 Å². The van der Waals surface area contributed by atoms with Crippen molar-refractivity contribution in [1.82, 2.24) is 19.1 Å². The Labute approximate surface area is 175 Å². The van der Waals surface area contributed by atoms with E-state index >= 15 is 0 Å². The van der Waals surface area contributed by atoms with Crippen molar-refractivity contribution in [3.05, 3.63) is 17.9 Å². The highest BCUT2D eigenvalue weighted by molar-refractivity contribution is 5.73. The summed E-state index contributed by atoms with van der Waals surface area (Å²) in [5.41, 5.74) is 0.887. The van der Waals surface area contributed by atoms with Crippen LogP contribution in [0.5, 0.6) is 0 Å². The molecule has 1 saturated heterocycles. The number of nitrogens with zero attached hydrogens (tertiary/aromatic N) is 4. The van der Waals surface area contributed by atoms with Crippen LogP contribution in [-0.4, -0.2) is 65.9 Å². The first-order valence-corrected chi connectivity index (χ1v) is 10.6. The second-order valence-electron chi connectivity index (χ2n) is 7.51. The van der Waals surface area contributed by atoms with Gasteiger partial charge in [-0.25, -0.2) is 9.97 Å². The van der Waals surface area contributed by atoms with E-state index in [0.717, 1.165) is 32.1 Å². The maximum Gasteiger partial charge on any atom is 0.207 e. The van der Waals surface area contributed by atoms with E-state index in [2.05, 4.69) is 29.1 Å². The van der Waals surface area contributed by atoms with Crippen LogP contribution < -0.4 is 10.8 Å². The number of nitrogens with one attached hydrogen (secondary N) is 2. The lowest BCUT2D eigenvalue weighted by atomic mass is 10.1. The number of allylic oxidation sites excluding steroid dienone is 1. The molecule has 0 aliphatic carbocycles. The Balaban J connectivity index is 2.03. The summed E-state index contributed by atoms with van der Waals surface area (Å²) in [4.78, 5) is 9.02. The van der Waals surface area contributed by atoms with E-state index in [1.807, 2.05) is 6.08 Å². The Morgan fingerprint density at radius 2 is 2.00 bits per heavy atom. The fourth-order valence-corrected chi connectivity index (χ4v) is 3.46. The number of hydrogen-bond donors (Lipinski definition) is 5. The van der Waals surface area contributed by atoms with Gasteiger partial charge in [-0.1, -0.05) is 39.2 Å². The van der Waals surface area contributed by atoms with Crippen LogP contribution in [0, 0.1) is 5.41 Å². The third-order valence-corrected chi connectivity index (χ3v) is 5.25. The van der Waals surface area contributed by atoms with Gasteiger partial charge in [0.2, 0.25) is 5.95 Å². The lowest BCUT2D eigenvalue weighted by Crippen LogP contribution is -2.33. The summed E-state index contributed by atoms with van der Waals surface area (Å²) in [6, 6.07) is 0. The second kappa shape index (κ2) is 10.2. The van der Waals surface area contributed by atoms with Gasteiger partial charge < -0.3 is 25.4 Å². The van der Waals surface area contributed by atoms with Crippen molar-refractivity contribution >= 4 is 23.3 Å². The fraction of sp³-hybridized carbons (Fsp3) is 0.650. The van der Waals surface area contributed by atoms with Gasteiger partial charge >= 0.3 is 0 Å². The first-order chi connectivity index (χ1) is 14.5. The van der Waals surface area contributed by atoms with E-state index in [4.69, 9.17) is 10.1 Å². The zero-order valence-corrected chi connectivity index (χ0v) is 17.5. The molecule has 166 valence electrons. The summed E-state index contributed by atoms with van der Waals surface area (Å²) in [7, 11) is 0. The number of aliphatic hydroxyl groups is 3. The maximum absolute atomic E-state index is 10.5. The van der Waals surface area contributed by atoms with Crippen LogP contribution in [0.3, 0.4) is 0 Å². The van der Waals surface area contributed by atoms with Gasteiger partial charge in [0, 0.05) is 12.7 Å². The summed E-state index contributed by atoms with van der Waals surface area (Å²) < 4.78 is 8.87. The van der Waals surface area contributed by atoms with Gasteiger partial charge in [0.05, 0.1) is 6.61 Å². The number of ether oxygens (including phenoxy) is 1. The van der Waals surface area contributed by atoms with Crippen molar-refractivity contribution in [3.8, 4) is 0 Å². The van der Waals surface area contributed by atoms with Gasteiger partial charge in [-0.2, -0.15) is 0 Å². The number of aromatic nitrogens is 4. The first-order valence-electron chi connectivity index (χ1n) is 10.6. The summed E-state index contributed by atoms with van der Waals surface area (Å²) >= 11 is 0. The molecule has 3 heterocycles. The Morgan fingerprint density at radius 1 is 1.23 bits per heavy atom. The van der Waals surface area contributed by atoms with Gasteiger partial charge in [0.25, 0.3) is 0 Å². The topological polar surface area (TPSA) is 141 Å². The minimum Gasteiger partial charge on any atom is -0.394 e. The van der Waals surface area contributed by atoms with Crippen molar-refractivity contribution in [1.29, 1.82) is 5.41 Å². The molecule has 10 nitrogen and oxygen atoms in total. The molecule has 3 rings (SSSR count). The molecule has 0 unspecified atom stereocenters. The normalized spacial score (nSPS) is 24.3. The first kappa shape index (κ1) is 22.4. The van der Waals surface area contributed by atoms with E-state index < -0.39 is 31.1 Å². The number of rotatable bonds is 10. The van der Waals surface area contributed by atoms with Crippen LogP contribution in [-0.2, 0) is 4.74 Å². The van der Waals surface area contributed by atoms with Crippen LogP contribution >= 0.6 is 0 Å². The average molecular weight is 421 g/mol. The lowest BCUT2D eigenvalue weighted by molar-refractivity contribution is -0.0501. The SMILES string of the molecule is CCCC/C=C/n1cnc2c(nc(NCCCC)n2[C@@H]2O[C@H](CO)[C@@H](O)[C@H]2O)c1=N. The van der Waals surface area contributed by atoms with Crippen LogP contribution in [0.15, 0.2) is 12.4 Å². The number of fused-ring (bicyclic) bond motifs is 1. The molecule has 30 heavy (non-hydrogen) atoms. The number of imidazole rings is 1. The van der Waals surface area contributed by atoms with Crippen molar-refractivity contribution in [3.63, 3.8) is 0 Å². The second-order valence-corrected chi connectivity index (χ2v) is 7.51. The molecule has 10 heteroatoms. The molecule has 0 saturated carbocycles. The number of hydrogen-bond acceptors (Lipinski definition) is 8. The summed E-state index contributed by atoms with van der Waals surface area (Å²) in [6.45, 7) is 4.44. The van der Waals surface area contributed by atoms with Crippen LogP contribution in [0.1, 0.15) is 52.2 Å². The van der Waals surface area contributed by atoms with Gasteiger partial charge in [-0.15, -0.1) is 0 Å². The van der Waals surface area contributed by atoms with Crippen molar-refractivity contribution in [2.45, 2.75) is 70.5 Å². The quantitative estimate of drug-likeness (QED) is 0.364. The highest BCUT2D eigenvalue weighted by atomic mass is 16.6. The molecular weight excluding hydrogens is 388 g/mol. The fourth-order valence-electron chi connectivity index (χ4n) is 3.46. The van der Waals surface area contributed by atoms with E-state index in [9.17, 15) is 15.3 Å². The molecule has 0 spiro atoms. The molecule has 2 aromatic rings. The largest absolute Gasteiger partial charge is 0.394 e. The standard InChI is InChI=1S/C20H32N6O4/c1-3-5-7-8-10-25-12-23-18-14(17(25)21)24-20(22-9-6-4-2)26(18)19-16(29)15(28)13(11-27)30-19/h8,10,12-13,15-16,19,21,27-29H,3-7,9,11H2,1-2H3,(H,22,24)/b10-8+,21-17?/t13-,15-,16-,19-/m1/s1. The Morgan fingerprint density at radius 3 is 2.67 bits per heavy atom. The molecule has 2 aromatic heterocycles. The lowest BCUT2D eigenvalue weighted by Gasteiger charge is -2.19. The molecule has 0 radical (unpaired) electrons. The number of unbranched alkanes of at least 4 members (excludes halogenated alkanes) is 3. The maximum atomic E-state index is 10.5. The number of anilines is 1. The summed E-state index contributed by atoms with van der Waals surface area (Å²) in [5.74, 6) is 0.405. The van der Waals surface area contributed by atoms with Gasteiger partial charge in [0.15, 0.2) is 22.9 Å². The third-order valence-electron chi connectivity index (χ3n) is 5.25. The molecule has 4 atom stereocenters. The monoisotopic (exact) mass is 420 g/mol. The third kappa shape index (κ3) is 4.41. The minimum atomic E-state index is -1.26. The van der Waals surface area contributed by atoms with E-state index in [0.29, 0.717) is 23.7 Å². The number of aliphatic hydroxyl groups excluding tert-OH is 3. The van der Waals surface area contributed by atoms with Crippen LogP contribution in [0.2, 0.25) is 0 Å². The Bertz CT molecular complexity index is 924. The minimum absolute atomic E-state index is 0.164. The zero-order chi connectivity index (χ0) is 21.7. The van der Waals surface area contributed by atoms with Crippen molar-refractivity contribution in [2.75, 3.05) is 18.5 Å². The molecule has 0 aromatic carbocycles. The molecule has 1 fully saturated rings. The van der Waals surface area contributed by atoms with Gasteiger partial charge in [0.1, 0.15) is 24.6 Å². The molecule has 1 aliphatic rings. The van der Waals surface area contributed by atoms with Crippen molar-refractivity contribution < 1.29 is 20.1 Å². The molecule has 0 amide bonds. The Kier molecular flexibility index (Phi) is 7.59. The van der Waals surface area contributed by atoms with Crippen LogP contribution in [0.25, 0.3) is 17.4 Å². The predicted molar refractivity (Wildman–Crippen MR) is 113 cm³/mol. The van der Waals surface area contributed by atoms with Gasteiger partial charge in [-0.05, 0) is 12.8 Å². The highest BCUT2D eigenvalue weighted by Crippen LogP contribution is 2.33. The summed E-state index contributed by atoms with van der Waals surface area (Å²) in [5, 5.41) is 41.9. The van der Waals surface area contributed by atoms with Crippen molar-refractivity contribution in [2.24, 2.45) is 0 Å². The Hall–Kier alpha value is -2.27. The van der Waals surface area contributed by atoms with E-state index in [1.54, 1.807) is 15.3 Å². The van der Waals surface area contributed by atoms with E-state index in [1.165, 1.54) is 6.33 Å². The molecule has 0 bridgehead atoms. The molecule has 1 aliphatic heterocycles. The highest BCUT2D eigenvalue weighted by Gasteiger charge is 2.45. The van der Waals surface area contributed by atoms with E-state index in [-0.39, 0.29) is 5.49 Å². The zero-order valence-electron chi connectivity index (χ0n) is 17.5. The average Bonchev–Trinajstić information content (AvgIpc) is 3.25. The summed E-state index contributed by atoms with van der Waals surface area (Å²) in [6.07, 6.45) is 5.96. The van der Waals surface area contributed by atoms with Crippen LogP contribution in [0.4, 0.5) is 5.95 Å². The predicted octanol–water partition coefficient (Wildman–Crippen LogP) is 1.20.